The van der Waals surface area contributed by atoms with Gasteiger partial charge in [-0.05, 0) is 63.9 Å². The maximum Gasteiger partial charge on any atom is 0.331 e. The zero-order valence-electron chi connectivity index (χ0n) is 22.0. The van der Waals surface area contributed by atoms with Crippen LogP contribution >= 0.6 is 0 Å². The highest BCUT2D eigenvalue weighted by Gasteiger charge is 2.40. The van der Waals surface area contributed by atoms with Crippen molar-refractivity contribution >= 4 is 10.9 Å². The summed E-state index contributed by atoms with van der Waals surface area (Å²) in [6.45, 7) is 10.7. The maximum atomic E-state index is 13.7. The highest BCUT2D eigenvalue weighted by atomic mass is 16.5. The lowest BCUT2D eigenvalue weighted by Gasteiger charge is -2.39. The molecule has 0 saturated carbocycles. The van der Waals surface area contributed by atoms with Gasteiger partial charge in [-0.25, -0.2) is 4.79 Å². The van der Waals surface area contributed by atoms with E-state index in [4.69, 9.17) is 9.47 Å². The zero-order valence-corrected chi connectivity index (χ0v) is 22.0. The lowest BCUT2D eigenvalue weighted by molar-refractivity contribution is -0.00709. The normalized spacial score (nSPS) is 16.9. The van der Waals surface area contributed by atoms with Gasteiger partial charge in [-0.1, -0.05) is 35.9 Å². The van der Waals surface area contributed by atoms with E-state index in [0.29, 0.717) is 17.5 Å². The highest BCUT2D eigenvalue weighted by Crippen LogP contribution is 2.45. The second-order valence-electron chi connectivity index (χ2n) is 10.6. The van der Waals surface area contributed by atoms with E-state index in [-0.39, 0.29) is 17.4 Å². The molecule has 1 atom stereocenters. The molecule has 1 aliphatic heterocycles. The lowest BCUT2D eigenvalue weighted by Crippen LogP contribution is -2.40. The SMILES string of the molecule is Cc1cccc(-c2c3c(=O)n(C)c(=O)n(C)c3c3n2C(C)(C)CO[C@@H]3c2ccc(OC(C)C)cc2)c1. The molecule has 0 spiro atoms. The first-order valence-electron chi connectivity index (χ1n) is 12.3. The molecule has 188 valence electrons. The summed E-state index contributed by atoms with van der Waals surface area (Å²) in [6.07, 6.45) is -0.378. The molecule has 3 heterocycles. The number of benzene rings is 2. The van der Waals surface area contributed by atoms with Gasteiger partial charge < -0.3 is 14.0 Å². The average molecular weight is 488 g/mol. The van der Waals surface area contributed by atoms with Gasteiger partial charge in [-0.2, -0.15) is 0 Å². The predicted octanol–water partition coefficient (Wildman–Crippen LogP) is 4.66. The average Bonchev–Trinajstić information content (AvgIpc) is 3.20. The van der Waals surface area contributed by atoms with E-state index in [2.05, 4.69) is 24.5 Å². The third-order valence-corrected chi connectivity index (χ3v) is 6.91. The van der Waals surface area contributed by atoms with E-state index in [9.17, 15) is 9.59 Å². The Morgan fingerprint density at radius 3 is 2.36 bits per heavy atom. The monoisotopic (exact) mass is 487 g/mol. The van der Waals surface area contributed by atoms with Gasteiger partial charge in [0.2, 0.25) is 0 Å². The standard InChI is InChI=1S/C29H33N3O4/c1-17(2)36-21-13-11-19(12-14-21)26-25-24-22(27(33)31(7)28(34)30(24)6)23(20-10-8-9-18(3)15-20)32(25)29(4,5)16-35-26/h8-15,17,26H,16H2,1-7H3/t26-/m1/s1. The van der Waals surface area contributed by atoms with Gasteiger partial charge in [-0.3, -0.25) is 13.9 Å². The van der Waals surface area contributed by atoms with Crippen molar-refractivity contribution in [3.05, 3.63) is 86.2 Å². The first-order valence-corrected chi connectivity index (χ1v) is 12.3. The van der Waals surface area contributed by atoms with Crippen molar-refractivity contribution in [1.82, 2.24) is 13.7 Å². The molecule has 0 amide bonds. The van der Waals surface area contributed by atoms with Gasteiger partial charge in [0.15, 0.2) is 0 Å². The summed E-state index contributed by atoms with van der Waals surface area (Å²) < 4.78 is 17.3. The number of ether oxygens (including phenoxy) is 2. The maximum absolute atomic E-state index is 13.7. The topological polar surface area (TPSA) is 67.4 Å². The van der Waals surface area contributed by atoms with Gasteiger partial charge in [0.1, 0.15) is 11.9 Å². The second kappa shape index (κ2) is 8.52. The molecular weight excluding hydrogens is 454 g/mol. The van der Waals surface area contributed by atoms with Crippen molar-refractivity contribution in [1.29, 1.82) is 0 Å². The van der Waals surface area contributed by atoms with Crippen LogP contribution in [-0.4, -0.2) is 26.4 Å². The van der Waals surface area contributed by atoms with Gasteiger partial charge in [0.05, 0.1) is 40.5 Å². The summed E-state index contributed by atoms with van der Waals surface area (Å²) in [5.74, 6) is 0.784. The van der Waals surface area contributed by atoms with Crippen LogP contribution in [0.2, 0.25) is 0 Å². The molecular formula is C29H33N3O4. The number of hydrogen-bond donors (Lipinski definition) is 0. The van der Waals surface area contributed by atoms with Crippen LogP contribution in [-0.2, 0) is 24.4 Å². The Labute approximate surface area is 210 Å². The van der Waals surface area contributed by atoms with Gasteiger partial charge in [0, 0.05) is 14.1 Å². The number of aryl methyl sites for hydroxylation is 2. The summed E-state index contributed by atoms with van der Waals surface area (Å²) in [4.78, 5) is 26.8. The molecule has 0 saturated heterocycles. The fourth-order valence-corrected chi connectivity index (χ4v) is 5.31. The quantitative estimate of drug-likeness (QED) is 0.420. The molecule has 0 bridgehead atoms. The van der Waals surface area contributed by atoms with E-state index in [0.717, 1.165) is 33.8 Å². The van der Waals surface area contributed by atoms with Crippen molar-refractivity contribution in [3.8, 4) is 17.0 Å². The molecule has 0 radical (unpaired) electrons. The van der Waals surface area contributed by atoms with Gasteiger partial charge in [0.25, 0.3) is 5.56 Å². The van der Waals surface area contributed by atoms with E-state index < -0.39 is 11.6 Å². The summed E-state index contributed by atoms with van der Waals surface area (Å²) >= 11 is 0. The number of nitrogens with zero attached hydrogens (tertiary/aromatic N) is 3. The van der Waals surface area contributed by atoms with Crippen molar-refractivity contribution < 1.29 is 9.47 Å². The Hall–Kier alpha value is -3.58. The van der Waals surface area contributed by atoms with Crippen LogP contribution in [0.4, 0.5) is 0 Å². The first-order chi connectivity index (χ1) is 17.0. The third kappa shape index (κ3) is 3.69. The van der Waals surface area contributed by atoms with E-state index in [1.165, 1.54) is 11.6 Å². The minimum Gasteiger partial charge on any atom is -0.491 e. The summed E-state index contributed by atoms with van der Waals surface area (Å²) in [5.41, 5.74) is 4.10. The second-order valence-corrected chi connectivity index (χ2v) is 10.6. The molecule has 0 unspecified atom stereocenters. The molecule has 2 aromatic heterocycles. The minimum absolute atomic E-state index is 0.0754. The van der Waals surface area contributed by atoms with Crippen LogP contribution in [0.5, 0.6) is 5.75 Å². The van der Waals surface area contributed by atoms with Crippen molar-refractivity contribution in [2.75, 3.05) is 6.61 Å². The molecule has 0 fully saturated rings. The molecule has 7 heteroatoms. The first kappa shape index (κ1) is 24.1. The fraction of sp³-hybridized carbons (Fsp3) is 0.379. The molecule has 5 rings (SSSR count). The third-order valence-electron chi connectivity index (χ3n) is 6.91. The van der Waals surface area contributed by atoms with Crippen molar-refractivity contribution in [2.45, 2.75) is 52.4 Å². The zero-order chi connectivity index (χ0) is 25.9. The van der Waals surface area contributed by atoms with Crippen LogP contribution in [0.25, 0.3) is 22.2 Å². The van der Waals surface area contributed by atoms with Crippen LogP contribution in [0, 0.1) is 6.92 Å². The number of rotatable bonds is 4. The highest BCUT2D eigenvalue weighted by molar-refractivity contribution is 5.97. The Balaban J connectivity index is 1.89. The molecule has 1 aliphatic rings. The van der Waals surface area contributed by atoms with Crippen molar-refractivity contribution in [2.24, 2.45) is 14.1 Å². The lowest BCUT2D eigenvalue weighted by atomic mass is 9.98. The number of fused-ring (bicyclic) bond motifs is 3. The molecule has 0 N–H and O–H groups in total. The van der Waals surface area contributed by atoms with Crippen molar-refractivity contribution in [3.63, 3.8) is 0 Å². The summed E-state index contributed by atoms with van der Waals surface area (Å²) in [5, 5.41) is 0.531. The molecule has 2 aromatic carbocycles. The number of aromatic nitrogens is 3. The van der Waals surface area contributed by atoms with Crippen LogP contribution in [0.1, 0.15) is 50.6 Å². The van der Waals surface area contributed by atoms with E-state index in [1.54, 1.807) is 11.6 Å². The summed E-state index contributed by atoms with van der Waals surface area (Å²) in [7, 11) is 3.26. The Kier molecular flexibility index (Phi) is 5.71. The van der Waals surface area contributed by atoms with E-state index >= 15 is 0 Å². The van der Waals surface area contributed by atoms with Crippen LogP contribution < -0.4 is 16.0 Å². The van der Waals surface area contributed by atoms with Crippen LogP contribution in [0.3, 0.4) is 0 Å². The van der Waals surface area contributed by atoms with Gasteiger partial charge >= 0.3 is 5.69 Å². The number of hydrogen-bond acceptors (Lipinski definition) is 4. The Morgan fingerprint density at radius 2 is 1.72 bits per heavy atom. The Morgan fingerprint density at radius 1 is 1.03 bits per heavy atom. The smallest absolute Gasteiger partial charge is 0.331 e. The molecule has 4 aromatic rings. The summed E-state index contributed by atoms with van der Waals surface area (Å²) in [6, 6.07) is 16.0. The predicted molar refractivity (Wildman–Crippen MR) is 142 cm³/mol. The van der Waals surface area contributed by atoms with Gasteiger partial charge in [-0.15, -0.1) is 0 Å². The minimum atomic E-state index is -0.454. The molecule has 7 nitrogen and oxygen atoms in total. The molecule has 0 aliphatic carbocycles. The molecule has 36 heavy (non-hydrogen) atoms. The fourth-order valence-electron chi connectivity index (χ4n) is 5.31. The largest absolute Gasteiger partial charge is 0.491 e. The Bertz CT molecular complexity index is 1590. The van der Waals surface area contributed by atoms with E-state index in [1.807, 2.05) is 63.2 Å². The van der Waals surface area contributed by atoms with Crippen LogP contribution in [0.15, 0.2) is 58.1 Å².